The van der Waals surface area contributed by atoms with Gasteiger partial charge in [0.25, 0.3) is 0 Å². The highest BCUT2D eigenvalue weighted by atomic mass is 32.1. The number of fused-ring (bicyclic) bond motifs is 1. The van der Waals surface area contributed by atoms with Gasteiger partial charge in [0, 0.05) is 24.3 Å². The number of nitrogens with zero attached hydrogens (tertiary/aromatic N) is 3. The Bertz CT molecular complexity index is 963. The minimum absolute atomic E-state index is 0.527. The van der Waals surface area contributed by atoms with Crippen molar-refractivity contribution in [3.8, 4) is 17.3 Å². The van der Waals surface area contributed by atoms with Crippen LogP contribution in [0.15, 0.2) is 30.3 Å². The van der Waals surface area contributed by atoms with Gasteiger partial charge in [0.2, 0.25) is 0 Å². The first kappa shape index (κ1) is 13.4. The smallest absolute Gasteiger partial charge is 0.178 e. The molecule has 3 aromatic rings. The van der Waals surface area contributed by atoms with Crippen molar-refractivity contribution in [2.75, 3.05) is 0 Å². The van der Waals surface area contributed by atoms with Crippen molar-refractivity contribution in [2.24, 2.45) is 7.05 Å². The average molecular weight is 308 g/mol. The van der Waals surface area contributed by atoms with E-state index in [-0.39, 0.29) is 0 Å². The Morgan fingerprint density at radius 1 is 1.27 bits per heavy atom. The van der Waals surface area contributed by atoms with E-state index in [2.05, 4.69) is 33.8 Å². The second-order valence-corrected chi connectivity index (χ2v) is 6.28. The standard InChI is InChI=1S/C17H16N4S/c1-20-13(10-18)6-8-15(20)11-5-7-14-16(9-11)21(17(22)19-14)12-3-2-4-12/h5-9,12H,2-4H2,1H3,(H,19,22). The maximum atomic E-state index is 9.12. The Hall–Kier alpha value is -2.32. The quantitative estimate of drug-likeness (QED) is 0.717. The van der Waals surface area contributed by atoms with Crippen LogP contribution in [0.4, 0.5) is 0 Å². The lowest BCUT2D eigenvalue weighted by Crippen LogP contribution is -2.16. The van der Waals surface area contributed by atoms with Crippen molar-refractivity contribution in [3.05, 3.63) is 40.8 Å². The summed E-state index contributed by atoms with van der Waals surface area (Å²) in [4.78, 5) is 3.30. The van der Waals surface area contributed by atoms with Gasteiger partial charge in [0.05, 0.1) is 11.0 Å². The van der Waals surface area contributed by atoms with Crippen molar-refractivity contribution in [1.82, 2.24) is 14.1 Å². The third kappa shape index (κ3) is 1.84. The number of imidazole rings is 1. The van der Waals surface area contributed by atoms with E-state index in [0.29, 0.717) is 11.7 Å². The molecule has 1 aliphatic rings. The minimum atomic E-state index is 0.527. The Labute approximate surface area is 133 Å². The predicted molar refractivity (Wildman–Crippen MR) is 89.1 cm³/mol. The van der Waals surface area contributed by atoms with Gasteiger partial charge in [0.1, 0.15) is 11.8 Å². The van der Waals surface area contributed by atoms with E-state index in [1.807, 2.05) is 23.7 Å². The predicted octanol–water partition coefficient (Wildman–Crippen LogP) is 4.30. The maximum Gasteiger partial charge on any atom is 0.178 e. The first-order chi connectivity index (χ1) is 10.7. The minimum Gasteiger partial charge on any atom is -0.335 e. The summed E-state index contributed by atoms with van der Waals surface area (Å²) in [5.41, 5.74) is 5.06. The molecule has 0 unspecified atom stereocenters. The van der Waals surface area contributed by atoms with Gasteiger partial charge < -0.3 is 14.1 Å². The van der Waals surface area contributed by atoms with Crippen molar-refractivity contribution >= 4 is 23.3 Å². The molecule has 110 valence electrons. The molecule has 1 N–H and O–H groups in total. The zero-order valence-corrected chi connectivity index (χ0v) is 13.2. The molecule has 1 saturated carbocycles. The molecular formula is C17H16N4S. The van der Waals surface area contributed by atoms with Crippen LogP contribution in [0.3, 0.4) is 0 Å². The van der Waals surface area contributed by atoms with Crippen LogP contribution in [0.5, 0.6) is 0 Å². The molecule has 5 heteroatoms. The number of nitriles is 1. The van der Waals surface area contributed by atoms with Gasteiger partial charge in [-0.15, -0.1) is 0 Å². The second-order valence-electron chi connectivity index (χ2n) is 5.89. The topological polar surface area (TPSA) is 49.4 Å². The van der Waals surface area contributed by atoms with Crippen molar-refractivity contribution < 1.29 is 0 Å². The molecule has 0 amide bonds. The van der Waals surface area contributed by atoms with Crippen molar-refractivity contribution in [1.29, 1.82) is 5.26 Å². The van der Waals surface area contributed by atoms with Crippen LogP contribution in [-0.2, 0) is 7.05 Å². The lowest BCUT2D eigenvalue weighted by Gasteiger charge is -2.27. The van der Waals surface area contributed by atoms with Crippen LogP contribution < -0.4 is 0 Å². The molecule has 22 heavy (non-hydrogen) atoms. The van der Waals surface area contributed by atoms with Crippen LogP contribution in [0.25, 0.3) is 22.3 Å². The number of hydrogen-bond acceptors (Lipinski definition) is 2. The summed E-state index contributed by atoms with van der Waals surface area (Å²) in [5, 5.41) is 9.12. The van der Waals surface area contributed by atoms with Gasteiger partial charge in [-0.05, 0) is 55.7 Å². The fourth-order valence-electron chi connectivity index (χ4n) is 3.20. The fourth-order valence-corrected chi connectivity index (χ4v) is 3.56. The number of H-pyrrole nitrogens is 1. The van der Waals surface area contributed by atoms with Gasteiger partial charge in [-0.25, -0.2) is 0 Å². The maximum absolute atomic E-state index is 9.12. The van der Waals surface area contributed by atoms with Crippen molar-refractivity contribution in [2.45, 2.75) is 25.3 Å². The molecule has 0 atom stereocenters. The average Bonchev–Trinajstić information content (AvgIpc) is 2.98. The number of hydrogen-bond donors (Lipinski definition) is 1. The number of benzene rings is 1. The van der Waals surface area contributed by atoms with Crippen molar-refractivity contribution in [3.63, 3.8) is 0 Å². The summed E-state index contributed by atoms with van der Waals surface area (Å²) < 4.78 is 4.99. The van der Waals surface area contributed by atoms with E-state index in [0.717, 1.165) is 27.1 Å². The van der Waals surface area contributed by atoms with E-state index >= 15 is 0 Å². The molecule has 4 nitrogen and oxygen atoms in total. The van der Waals surface area contributed by atoms with Gasteiger partial charge in [-0.3, -0.25) is 0 Å². The Balaban J connectivity index is 1.91. The molecule has 0 spiro atoms. The molecule has 0 aliphatic heterocycles. The summed E-state index contributed by atoms with van der Waals surface area (Å²) >= 11 is 5.50. The molecular weight excluding hydrogens is 292 g/mol. The van der Waals surface area contributed by atoms with E-state index < -0.39 is 0 Å². The first-order valence-corrected chi connectivity index (χ1v) is 7.90. The molecule has 1 aliphatic carbocycles. The van der Waals surface area contributed by atoms with Gasteiger partial charge in [0.15, 0.2) is 4.77 Å². The molecule has 1 aromatic carbocycles. The first-order valence-electron chi connectivity index (χ1n) is 7.49. The molecule has 2 aromatic heterocycles. The lowest BCUT2D eigenvalue weighted by atomic mass is 9.93. The van der Waals surface area contributed by atoms with Crippen LogP contribution >= 0.6 is 12.2 Å². The SMILES string of the molecule is Cn1c(C#N)ccc1-c1ccc2[nH]c(=S)n(C3CCC3)c2c1. The third-order valence-electron chi connectivity index (χ3n) is 4.69. The number of nitrogens with one attached hydrogen (secondary N) is 1. The highest BCUT2D eigenvalue weighted by Crippen LogP contribution is 2.35. The summed E-state index contributed by atoms with van der Waals surface area (Å²) in [6.07, 6.45) is 3.69. The normalized spacial score (nSPS) is 14.9. The monoisotopic (exact) mass is 308 g/mol. The highest BCUT2D eigenvalue weighted by Gasteiger charge is 2.22. The zero-order valence-electron chi connectivity index (χ0n) is 12.3. The fraction of sp³-hybridized carbons (Fsp3) is 0.294. The molecule has 0 saturated heterocycles. The Morgan fingerprint density at radius 3 is 2.73 bits per heavy atom. The number of aromatic nitrogens is 3. The Kier molecular flexibility index (Phi) is 2.95. The summed E-state index contributed by atoms with van der Waals surface area (Å²) in [6, 6.07) is 12.9. The van der Waals surface area contributed by atoms with E-state index in [4.69, 9.17) is 17.5 Å². The number of aromatic amines is 1. The van der Waals surface area contributed by atoms with Crippen LogP contribution in [0, 0.1) is 16.1 Å². The zero-order chi connectivity index (χ0) is 15.3. The van der Waals surface area contributed by atoms with Gasteiger partial charge in [-0.1, -0.05) is 6.07 Å². The van der Waals surface area contributed by atoms with Crippen LogP contribution in [-0.4, -0.2) is 14.1 Å². The summed E-state index contributed by atoms with van der Waals surface area (Å²) in [6.45, 7) is 0. The summed E-state index contributed by atoms with van der Waals surface area (Å²) in [5.74, 6) is 0. The highest BCUT2D eigenvalue weighted by molar-refractivity contribution is 7.71. The van der Waals surface area contributed by atoms with Gasteiger partial charge in [-0.2, -0.15) is 5.26 Å². The Morgan fingerprint density at radius 2 is 2.09 bits per heavy atom. The molecule has 4 rings (SSSR count). The van der Waals surface area contributed by atoms with Gasteiger partial charge >= 0.3 is 0 Å². The number of rotatable bonds is 2. The summed E-state index contributed by atoms with van der Waals surface area (Å²) in [7, 11) is 1.92. The third-order valence-corrected chi connectivity index (χ3v) is 4.99. The molecule has 2 heterocycles. The van der Waals surface area contributed by atoms with Crippen LogP contribution in [0.1, 0.15) is 31.0 Å². The molecule has 1 fully saturated rings. The van der Waals surface area contributed by atoms with E-state index in [1.54, 1.807) is 0 Å². The molecule has 0 bridgehead atoms. The lowest BCUT2D eigenvalue weighted by molar-refractivity contribution is 0.318. The molecule has 0 radical (unpaired) electrons. The second kappa shape index (κ2) is 4.85. The largest absolute Gasteiger partial charge is 0.335 e. The van der Waals surface area contributed by atoms with E-state index in [1.165, 1.54) is 19.3 Å². The van der Waals surface area contributed by atoms with Crippen LogP contribution in [0.2, 0.25) is 0 Å². The van der Waals surface area contributed by atoms with E-state index in [9.17, 15) is 0 Å².